The van der Waals surface area contributed by atoms with Crippen LogP contribution in [0.15, 0.2) is 16.6 Å². The summed E-state index contributed by atoms with van der Waals surface area (Å²) in [5.41, 5.74) is 0.0373. The molecular formula is C12H9BrFNO5. The number of rotatable bonds is 4. The van der Waals surface area contributed by atoms with Gasteiger partial charge in [0.05, 0.1) is 30.3 Å². The molecule has 1 heterocycles. The van der Waals surface area contributed by atoms with Crippen LogP contribution in [0, 0.1) is 5.82 Å². The van der Waals surface area contributed by atoms with Crippen molar-refractivity contribution in [2.45, 2.75) is 12.5 Å². The van der Waals surface area contributed by atoms with Crippen molar-refractivity contribution >= 4 is 39.3 Å². The zero-order chi connectivity index (χ0) is 15.0. The number of carbonyl (C=O) groups excluding carboxylic acids is 2. The predicted molar refractivity (Wildman–Crippen MR) is 69.0 cm³/mol. The monoisotopic (exact) mass is 345 g/mol. The molecule has 1 unspecified atom stereocenters. The molecule has 0 saturated carbocycles. The molecule has 1 aromatic carbocycles. The van der Waals surface area contributed by atoms with E-state index in [0.717, 1.165) is 17.0 Å². The molecule has 20 heavy (non-hydrogen) atoms. The predicted octanol–water partition coefficient (Wildman–Crippen LogP) is 0.953. The lowest BCUT2D eigenvalue weighted by molar-refractivity contribution is -0.139. The smallest absolute Gasteiger partial charge is 0.306 e. The fraction of sp³-hybridized carbons (Fsp3) is 0.250. The molecule has 0 radical (unpaired) electrons. The fourth-order valence-corrected chi connectivity index (χ4v) is 2.65. The van der Waals surface area contributed by atoms with E-state index < -0.39 is 36.0 Å². The zero-order valence-corrected chi connectivity index (χ0v) is 11.6. The summed E-state index contributed by atoms with van der Waals surface area (Å²) in [4.78, 5) is 35.0. The topological polar surface area (TPSA) is 94.9 Å². The maximum Gasteiger partial charge on any atom is 0.306 e. The molecule has 0 aliphatic carbocycles. The number of halogens is 2. The van der Waals surface area contributed by atoms with Gasteiger partial charge in [-0.15, -0.1) is 0 Å². The van der Waals surface area contributed by atoms with Gasteiger partial charge in [0.1, 0.15) is 5.82 Å². The van der Waals surface area contributed by atoms with Crippen LogP contribution < -0.4 is 4.90 Å². The minimum Gasteiger partial charge on any atom is -0.481 e. The Morgan fingerprint density at radius 1 is 1.40 bits per heavy atom. The normalized spacial score (nSPS) is 15.4. The molecule has 1 aliphatic rings. The van der Waals surface area contributed by atoms with Gasteiger partial charge in [-0.25, -0.2) is 4.39 Å². The van der Waals surface area contributed by atoms with Crippen molar-refractivity contribution in [3.05, 3.63) is 28.0 Å². The Bertz CT molecular complexity index is 618. The van der Waals surface area contributed by atoms with E-state index in [2.05, 4.69) is 15.9 Å². The van der Waals surface area contributed by atoms with Crippen molar-refractivity contribution in [1.29, 1.82) is 0 Å². The number of Topliss-reactive ketones (excluding diaryl/α,β-unsaturated/α-hetero) is 1. The van der Waals surface area contributed by atoms with Crippen LogP contribution in [-0.4, -0.2) is 40.5 Å². The molecular weight excluding hydrogens is 337 g/mol. The van der Waals surface area contributed by atoms with E-state index in [-0.39, 0.29) is 22.3 Å². The number of carboxylic acid groups (broad SMARTS) is 1. The van der Waals surface area contributed by atoms with Crippen LogP contribution in [0.5, 0.6) is 0 Å². The molecule has 2 N–H and O–H groups in total. The van der Waals surface area contributed by atoms with Gasteiger partial charge in [-0.1, -0.05) is 0 Å². The molecule has 0 bridgehead atoms. The Morgan fingerprint density at radius 2 is 2.05 bits per heavy atom. The van der Waals surface area contributed by atoms with E-state index in [1.54, 1.807) is 0 Å². The number of nitrogens with zero attached hydrogens (tertiary/aromatic N) is 1. The van der Waals surface area contributed by atoms with Crippen LogP contribution in [0.2, 0.25) is 0 Å². The van der Waals surface area contributed by atoms with Crippen LogP contribution in [-0.2, 0) is 9.59 Å². The Balaban J connectivity index is 2.36. The van der Waals surface area contributed by atoms with Gasteiger partial charge in [-0.3, -0.25) is 14.4 Å². The van der Waals surface area contributed by atoms with Crippen molar-refractivity contribution in [1.82, 2.24) is 0 Å². The first-order valence-electron chi connectivity index (χ1n) is 5.56. The highest BCUT2D eigenvalue weighted by Crippen LogP contribution is 2.37. The van der Waals surface area contributed by atoms with Crippen LogP contribution in [0.3, 0.4) is 0 Å². The van der Waals surface area contributed by atoms with Gasteiger partial charge in [-0.05, 0) is 28.1 Å². The van der Waals surface area contributed by atoms with E-state index >= 15 is 0 Å². The molecule has 2 rings (SSSR count). The average molecular weight is 346 g/mol. The van der Waals surface area contributed by atoms with Crippen LogP contribution >= 0.6 is 15.9 Å². The van der Waals surface area contributed by atoms with Crippen molar-refractivity contribution in [2.24, 2.45) is 0 Å². The number of anilines is 1. The van der Waals surface area contributed by atoms with Gasteiger partial charge in [0.2, 0.25) is 0 Å². The number of carboxylic acids is 1. The Labute approximate surface area is 120 Å². The summed E-state index contributed by atoms with van der Waals surface area (Å²) in [5.74, 6) is -3.71. The highest BCUT2D eigenvalue weighted by Gasteiger charge is 2.38. The van der Waals surface area contributed by atoms with Crippen molar-refractivity contribution in [2.75, 3.05) is 11.4 Å². The lowest BCUT2D eigenvalue weighted by Crippen LogP contribution is -2.37. The number of hydrogen-bond acceptors (Lipinski definition) is 4. The lowest BCUT2D eigenvalue weighted by atomic mass is 10.1. The van der Waals surface area contributed by atoms with Crippen molar-refractivity contribution < 1.29 is 29.0 Å². The zero-order valence-electron chi connectivity index (χ0n) is 9.97. The molecule has 1 aliphatic heterocycles. The maximum absolute atomic E-state index is 13.2. The number of carbonyl (C=O) groups is 3. The third kappa shape index (κ3) is 2.56. The molecule has 0 aromatic heterocycles. The summed E-state index contributed by atoms with van der Waals surface area (Å²) >= 11 is 3.05. The Morgan fingerprint density at radius 3 is 2.65 bits per heavy atom. The number of ketones is 1. The standard InChI is InChI=1S/C12H9BrFNO5/c13-8-2-5(14)1-7-10(8)15(12(20)11(7)19)4-6(16)3-9(17)18/h1-2,6,16H,3-4H2,(H,17,18). The van der Waals surface area contributed by atoms with E-state index in [9.17, 15) is 23.9 Å². The van der Waals surface area contributed by atoms with Gasteiger partial charge in [0.25, 0.3) is 11.7 Å². The molecule has 0 saturated heterocycles. The summed E-state index contributed by atoms with van der Waals surface area (Å²) in [6.45, 7) is -0.353. The van der Waals surface area contributed by atoms with Crippen molar-refractivity contribution in [3.8, 4) is 0 Å². The average Bonchev–Trinajstić information content (AvgIpc) is 2.53. The van der Waals surface area contributed by atoms with Gasteiger partial charge in [0, 0.05) is 4.47 Å². The lowest BCUT2D eigenvalue weighted by Gasteiger charge is -2.20. The van der Waals surface area contributed by atoms with Gasteiger partial charge < -0.3 is 15.1 Å². The molecule has 106 valence electrons. The summed E-state index contributed by atoms with van der Waals surface area (Å²) in [6.07, 6.45) is -1.89. The number of amides is 1. The number of benzene rings is 1. The third-order valence-electron chi connectivity index (χ3n) is 2.79. The van der Waals surface area contributed by atoms with Gasteiger partial charge >= 0.3 is 5.97 Å². The molecule has 1 amide bonds. The number of aliphatic carboxylic acids is 1. The van der Waals surface area contributed by atoms with Crippen molar-refractivity contribution in [3.63, 3.8) is 0 Å². The maximum atomic E-state index is 13.2. The van der Waals surface area contributed by atoms with E-state index in [0.29, 0.717) is 0 Å². The minimum absolute atomic E-state index is 0.107. The van der Waals surface area contributed by atoms with Crippen LogP contribution in [0.25, 0.3) is 0 Å². The summed E-state index contributed by atoms with van der Waals surface area (Å²) < 4.78 is 13.4. The third-order valence-corrected chi connectivity index (χ3v) is 3.39. The first-order chi connectivity index (χ1) is 9.31. The van der Waals surface area contributed by atoms with E-state index in [4.69, 9.17) is 5.11 Å². The second-order valence-corrected chi connectivity index (χ2v) is 5.13. The highest BCUT2D eigenvalue weighted by atomic mass is 79.9. The van der Waals surface area contributed by atoms with Crippen LogP contribution in [0.4, 0.5) is 10.1 Å². The fourth-order valence-electron chi connectivity index (χ4n) is 2.00. The van der Waals surface area contributed by atoms with E-state index in [1.165, 1.54) is 0 Å². The number of hydrogen-bond donors (Lipinski definition) is 2. The highest BCUT2D eigenvalue weighted by molar-refractivity contribution is 9.10. The summed E-state index contributed by atoms with van der Waals surface area (Å²) in [7, 11) is 0. The minimum atomic E-state index is -1.33. The second kappa shape index (κ2) is 5.29. The van der Waals surface area contributed by atoms with Gasteiger partial charge in [-0.2, -0.15) is 0 Å². The summed E-state index contributed by atoms with van der Waals surface area (Å²) in [6, 6.07) is 2.02. The van der Waals surface area contributed by atoms with E-state index in [1.807, 2.05) is 0 Å². The SMILES string of the molecule is O=C(O)CC(O)CN1C(=O)C(=O)c2cc(F)cc(Br)c21. The molecule has 8 heteroatoms. The first kappa shape index (κ1) is 14.6. The molecule has 1 atom stereocenters. The van der Waals surface area contributed by atoms with Crippen LogP contribution in [0.1, 0.15) is 16.8 Å². The molecule has 0 fully saturated rings. The number of aliphatic hydroxyl groups is 1. The quantitative estimate of drug-likeness (QED) is 0.792. The number of β-amino-alcohol motifs (C(OH)–C–C–N with tert-alkyl or cyclic N) is 1. The number of fused-ring (bicyclic) bond motifs is 1. The van der Waals surface area contributed by atoms with Gasteiger partial charge in [0.15, 0.2) is 0 Å². The number of aliphatic hydroxyl groups excluding tert-OH is 1. The Hall–Kier alpha value is -1.80. The second-order valence-electron chi connectivity index (χ2n) is 4.28. The molecule has 6 nitrogen and oxygen atoms in total. The summed E-state index contributed by atoms with van der Waals surface area (Å²) in [5, 5.41) is 18.2. The molecule has 0 spiro atoms. The first-order valence-corrected chi connectivity index (χ1v) is 6.35. The largest absolute Gasteiger partial charge is 0.481 e. The molecule has 1 aromatic rings. The Kier molecular flexibility index (Phi) is 3.87.